The molecule has 0 amide bonds. The lowest BCUT2D eigenvalue weighted by atomic mass is 10.0. The SMILES string of the molecule is CC1CCCN(Cc2cccc(CNC(C)C)n2)CC1. The molecule has 0 aromatic carbocycles. The van der Waals surface area contributed by atoms with Gasteiger partial charge < -0.3 is 5.32 Å². The normalized spacial score (nSPS) is 21.1. The maximum atomic E-state index is 4.78. The second-order valence-corrected chi connectivity index (χ2v) is 6.47. The molecule has 1 aliphatic heterocycles. The largest absolute Gasteiger partial charge is 0.309 e. The minimum absolute atomic E-state index is 0.507. The minimum atomic E-state index is 0.507. The van der Waals surface area contributed by atoms with Crippen LogP contribution in [0.25, 0.3) is 0 Å². The van der Waals surface area contributed by atoms with Crippen molar-refractivity contribution in [1.82, 2.24) is 15.2 Å². The Morgan fingerprint density at radius 2 is 2.05 bits per heavy atom. The van der Waals surface area contributed by atoms with Crippen LogP contribution in [0.4, 0.5) is 0 Å². The summed E-state index contributed by atoms with van der Waals surface area (Å²) in [5.74, 6) is 0.884. The van der Waals surface area contributed by atoms with Crippen LogP contribution in [0, 0.1) is 5.92 Å². The highest BCUT2D eigenvalue weighted by atomic mass is 15.1. The lowest BCUT2D eigenvalue weighted by molar-refractivity contribution is 0.270. The van der Waals surface area contributed by atoms with Crippen LogP contribution in [-0.2, 0) is 13.1 Å². The number of likely N-dealkylation sites (tertiary alicyclic amines) is 1. The van der Waals surface area contributed by atoms with Gasteiger partial charge in [0.1, 0.15) is 0 Å². The number of pyridine rings is 1. The summed E-state index contributed by atoms with van der Waals surface area (Å²) in [4.78, 5) is 7.35. The molecule has 1 unspecified atom stereocenters. The maximum Gasteiger partial charge on any atom is 0.0547 e. The van der Waals surface area contributed by atoms with E-state index in [1.807, 2.05) is 0 Å². The molecule has 2 heterocycles. The van der Waals surface area contributed by atoms with E-state index in [2.05, 4.69) is 49.2 Å². The van der Waals surface area contributed by atoms with Crippen molar-refractivity contribution < 1.29 is 0 Å². The highest BCUT2D eigenvalue weighted by Crippen LogP contribution is 2.17. The Bertz CT molecular complexity index is 403. The van der Waals surface area contributed by atoms with Crippen molar-refractivity contribution in [2.24, 2.45) is 5.92 Å². The zero-order valence-corrected chi connectivity index (χ0v) is 13.2. The van der Waals surface area contributed by atoms with Crippen LogP contribution in [0.5, 0.6) is 0 Å². The van der Waals surface area contributed by atoms with Gasteiger partial charge in [-0.2, -0.15) is 0 Å². The number of nitrogens with one attached hydrogen (secondary N) is 1. The van der Waals surface area contributed by atoms with E-state index in [1.54, 1.807) is 0 Å². The van der Waals surface area contributed by atoms with E-state index >= 15 is 0 Å². The molecule has 0 aliphatic carbocycles. The number of nitrogens with zero attached hydrogens (tertiary/aromatic N) is 2. The number of rotatable bonds is 5. The van der Waals surface area contributed by atoms with Gasteiger partial charge in [0.15, 0.2) is 0 Å². The molecular formula is C17H29N3. The first-order valence-electron chi connectivity index (χ1n) is 8.04. The van der Waals surface area contributed by atoms with Gasteiger partial charge in [-0.1, -0.05) is 26.8 Å². The lowest BCUT2D eigenvalue weighted by Gasteiger charge is -2.19. The number of hydrogen-bond donors (Lipinski definition) is 1. The Morgan fingerprint density at radius 3 is 2.85 bits per heavy atom. The summed E-state index contributed by atoms with van der Waals surface area (Å²) < 4.78 is 0. The van der Waals surface area contributed by atoms with Crippen LogP contribution in [0.15, 0.2) is 18.2 Å². The summed E-state index contributed by atoms with van der Waals surface area (Å²) in [6, 6.07) is 6.92. The van der Waals surface area contributed by atoms with Gasteiger partial charge in [-0.3, -0.25) is 9.88 Å². The Balaban J connectivity index is 1.90. The average molecular weight is 275 g/mol. The molecule has 1 fully saturated rings. The van der Waals surface area contributed by atoms with Gasteiger partial charge in [-0.05, 0) is 50.4 Å². The first kappa shape index (κ1) is 15.5. The fourth-order valence-corrected chi connectivity index (χ4v) is 2.73. The van der Waals surface area contributed by atoms with Crippen molar-refractivity contribution in [3.05, 3.63) is 29.6 Å². The Hall–Kier alpha value is -0.930. The zero-order valence-electron chi connectivity index (χ0n) is 13.2. The van der Waals surface area contributed by atoms with E-state index in [-0.39, 0.29) is 0 Å². The van der Waals surface area contributed by atoms with Crippen molar-refractivity contribution in [1.29, 1.82) is 0 Å². The predicted molar refractivity (Wildman–Crippen MR) is 84.5 cm³/mol. The summed E-state index contributed by atoms with van der Waals surface area (Å²) in [7, 11) is 0. The molecule has 2 rings (SSSR count). The molecule has 1 atom stereocenters. The van der Waals surface area contributed by atoms with Crippen molar-refractivity contribution in [2.45, 2.75) is 59.2 Å². The number of hydrogen-bond acceptors (Lipinski definition) is 3. The van der Waals surface area contributed by atoms with Gasteiger partial charge in [-0.15, -0.1) is 0 Å². The summed E-state index contributed by atoms with van der Waals surface area (Å²) in [5, 5.41) is 3.43. The smallest absolute Gasteiger partial charge is 0.0547 e. The third kappa shape index (κ3) is 5.22. The first-order chi connectivity index (χ1) is 9.63. The lowest BCUT2D eigenvalue weighted by Crippen LogP contribution is -2.25. The maximum absolute atomic E-state index is 4.78. The molecule has 112 valence electrons. The van der Waals surface area contributed by atoms with Crippen molar-refractivity contribution in [2.75, 3.05) is 13.1 Å². The molecule has 1 saturated heterocycles. The fraction of sp³-hybridized carbons (Fsp3) is 0.706. The van der Waals surface area contributed by atoms with E-state index in [0.717, 1.165) is 24.7 Å². The van der Waals surface area contributed by atoms with E-state index in [1.165, 1.54) is 38.0 Å². The Labute approximate surface area is 123 Å². The topological polar surface area (TPSA) is 28.2 Å². The average Bonchev–Trinajstić information content (AvgIpc) is 2.62. The quantitative estimate of drug-likeness (QED) is 0.894. The third-order valence-electron chi connectivity index (χ3n) is 4.05. The van der Waals surface area contributed by atoms with E-state index in [0.29, 0.717) is 6.04 Å². The van der Waals surface area contributed by atoms with E-state index in [9.17, 15) is 0 Å². The molecule has 1 aromatic rings. The molecule has 1 N–H and O–H groups in total. The predicted octanol–water partition coefficient (Wildman–Crippen LogP) is 3.20. The van der Waals surface area contributed by atoms with Crippen LogP contribution in [0.3, 0.4) is 0 Å². The summed E-state index contributed by atoms with van der Waals surface area (Å²) in [5.41, 5.74) is 2.36. The second kappa shape index (κ2) is 7.75. The van der Waals surface area contributed by atoms with Gasteiger partial charge >= 0.3 is 0 Å². The molecule has 0 radical (unpaired) electrons. The fourth-order valence-electron chi connectivity index (χ4n) is 2.73. The highest BCUT2D eigenvalue weighted by Gasteiger charge is 2.14. The molecule has 3 heteroatoms. The van der Waals surface area contributed by atoms with Crippen LogP contribution >= 0.6 is 0 Å². The van der Waals surface area contributed by atoms with Gasteiger partial charge in [0.25, 0.3) is 0 Å². The highest BCUT2D eigenvalue weighted by molar-refractivity contribution is 5.11. The Kier molecular flexibility index (Phi) is 5.99. The molecular weight excluding hydrogens is 246 g/mol. The molecule has 0 saturated carbocycles. The van der Waals surface area contributed by atoms with Gasteiger partial charge in [0.2, 0.25) is 0 Å². The summed E-state index contributed by atoms with van der Waals surface area (Å²) in [6.07, 6.45) is 4.03. The van der Waals surface area contributed by atoms with Crippen LogP contribution in [0.2, 0.25) is 0 Å². The minimum Gasteiger partial charge on any atom is -0.309 e. The van der Waals surface area contributed by atoms with E-state index < -0.39 is 0 Å². The second-order valence-electron chi connectivity index (χ2n) is 6.47. The van der Waals surface area contributed by atoms with Crippen molar-refractivity contribution >= 4 is 0 Å². The molecule has 3 nitrogen and oxygen atoms in total. The number of aromatic nitrogens is 1. The van der Waals surface area contributed by atoms with Gasteiger partial charge in [-0.25, -0.2) is 0 Å². The van der Waals surface area contributed by atoms with Crippen molar-refractivity contribution in [3.8, 4) is 0 Å². The standard InChI is InChI=1S/C17H29N3/c1-14(2)18-12-16-7-4-8-17(19-16)13-20-10-5-6-15(3)9-11-20/h4,7-8,14-15,18H,5-6,9-13H2,1-3H3. The van der Waals surface area contributed by atoms with Crippen LogP contribution in [0.1, 0.15) is 51.4 Å². The molecule has 20 heavy (non-hydrogen) atoms. The monoisotopic (exact) mass is 275 g/mol. The van der Waals surface area contributed by atoms with Crippen molar-refractivity contribution in [3.63, 3.8) is 0 Å². The first-order valence-corrected chi connectivity index (χ1v) is 8.04. The molecule has 0 bridgehead atoms. The van der Waals surface area contributed by atoms with E-state index in [4.69, 9.17) is 4.98 Å². The summed E-state index contributed by atoms with van der Waals surface area (Å²) >= 11 is 0. The summed E-state index contributed by atoms with van der Waals surface area (Å²) in [6.45, 7) is 11.0. The van der Waals surface area contributed by atoms with Crippen LogP contribution in [-0.4, -0.2) is 29.0 Å². The van der Waals surface area contributed by atoms with Gasteiger partial charge in [0.05, 0.1) is 11.4 Å². The Morgan fingerprint density at radius 1 is 1.25 bits per heavy atom. The molecule has 0 spiro atoms. The molecule has 1 aromatic heterocycles. The van der Waals surface area contributed by atoms with Crippen LogP contribution < -0.4 is 5.32 Å². The molecule has 1 aliphatic rings. The van der Waals surface area contributed by atoms with Gasteiger partial charge in [0, 0.05) is 19.1 Å². The third-order valence-corrected chi connectivity index (χ3v) is 4.05. The zero-order chi connectivity index (χ0) is 14.4.